The van der Waals surface area contributed by atoms with Crippen LogP contribution in [0.25, 0.3) is 0 Å². The van der Waals surface area contributed by atoms with Gasteiger partial charge in [-0.05, 0) is 25.1 Å². The normalized spacial score (nSPS) is 19.9. The predicted molar refractivity (Wildman–Crippen MR) is 75.9 cm³/mol. The molecule has 0 bridgehead atoms. The zero-order valence-corrected chi connectivity index (χ0v) is 12.9. The monoisotopic (exact) mass is 317 g/mol. The maximum absolute atomic E-state index is 12.4. The smallest absolute Gasteiger partial charge is 0.254 e. The van der Waals surface area contributed by atoms with Gasteiger partial charge in [-0.3, -0.25) is 4.79 Å². The van der Waals surface area contributed by atoms with E-state index in [9.17, 15) is 13.2 Å². The molecular weight excluding hydrogens is 302 g/mol. The molecule has 2 rings (SSSR count). The van der Waals surface area contributed by atoms with Crippen LogP contribution in [0.5, 0.6) is 0 Å². The highest BCUT2D eigenvalue weighted by atomic mass is 35.5. The van der Waals surface area contributed by atoms with Gasteiger partial charge in [-0.25, -0.2) is 8.42 Å². The Labute approximate surface area is 123 Å². The molecule has 1 saturated heterocycles. The fourth-order valence-corrected chi connectivity index (χ4v) is 3.41. The molecule has 110 valence electrons. The van der Waals surface area contributed by atoms with Gasteiger partial charge in [0, 0.05) is 24.9 Å². The van der Waals surface area contributed by atoms with E-state index in [-0.39, 0.29) is 21.9 Å². The van der Waals surface area contributed by atoms with Crippen molar-refractivity contribution in [2.45, 2.75) is 17.9 Å². The van der Waals surface area contributed by atoms with Crippen molar-refractivity contribution >= 4 is 27.3 Å². The molecule has 1 heterocycles. The summed E-state index contributed by atoms with van der Waals surface area (Å²) in [5, 5.41) is 0.124. The number of sulfone groups is 1. The average molecular weight is 318 g/mol. The van der Waals surface area contributed by atoms with Crippen LogP contribution in [-0.4, -0.2) is 51.3 Å². The molecule has 0 saturated carbocycles. The fourth-order valence-electron chi connectivity index (χ4n) is 2.11. The quantitative estimate of drug-likeness (QED) is 0.831. The van der Waals surface area contributed by atoms with Gasteiger partial charge in [-0.15, -0.1) is 0 Å². The molecule has 0 aliphatic carbocycles. The number of morpholine rings is 1. The van der Waals surface area contributed by atoms with Crippen molar-refractivity contribution in [3.8, 4) is 0 Å². The van der Waals surface area contributed by atoms with Crippen LogP contribution < -0.4 is 0 Å². The average Bonchev–Trinajstić information content (AvgIpc) is 2.37. The molecule has 1 amide bonds. The van der Waals surface area contributed by atoms with E-state index in [1.54, 1.807) is 11.0 Å². The molecule has 0 radical (unpaired) electrons. The lowest BCUT2D eigenvalue weighted by atomic mass is 10.2. The first-order valence-corrected chi connectivity index (χ1v) is 8.46. The van der Waals surface area contributed by atoms with Gasteiger partial charge in [0.1, 0.15) is 0 Å². The number of carbonyl (C=O) groups is 1. The van der Waals surface area contributed by atoms with Crippen molar-refractivity contribution in [3.63, 3.8) is 0 Å². The topological polar surface area (TPSA) is 63.7 Å². The van der Waals surface area contributed by atoms with E-state index in [2.05, 4.69) is 0 Å². The van der Waals surface area contributed by atoms with Crippen molar-refractivity contribution in [1.82, 2.24) is 4.90 Å². The van der Waals surface area contributed by atoms with Gasteiger partial charge in [0.15, 0.2) is 9.84 Å². The largest absolute Gasteiger partial charge is 0.375 e. The number of hydrogen-bond acceptors (Lipinski definition) is 4. The number of halogens is 1. The summed E-state index contributed by atoms with van der Waals surface area (Å²) in [5.41, 5.74) is 0.323. The third kappa shape index (κ3) is 3.31. The highest BCUT2D eigenvalue weighted by Gasteiger charge is 2.24. The summed E-state index contributed by atoms with van der Waals surface area (Å²) in [6.45, 7) is 3.37. The summed E-state index contributed by atoms with van der Waals surface area (Å²) in [6.07, 6.45) is 1.05. The maximum atomic E-state index is 12.4. The van der Waals surface area contributed by atoms with Gasteiger partial charge < -0.3 is 9.64 Å². The van der Waals surface area contributed by atoms with E-state index in [0.717, 1.165) is 6.26 Å². The molecule has 0 N–H and O–H groups in total. The minimum absolute atomic E-state index is 0.0191. The van der Waals surface area contributed by atoms with Gasteiger partial charge in [0.25, 0.3) is 5.91 Å². The number of nitrogens with zero attached hydrogens (tertiary/aromatic N) is 1. The Morgan fingerprint density at radius 3 is 2.75 bits per heavy atom. The Bertz CT molecular complexity index is 629. The first-order valence-electron chi connectivity index (χ1n) is 6.19. The molecule has 0 aromatic heterocycles. The van der Waals surface area contributed by atoms with Crippen molar-refractivity contribution in [2.24, 2.45) is 0 Å². The molecule has 0 spiro atoms. The maximum Gasteiger partial charge on any atom is 0.254 e. The van der Waals surface area contributed by atoms with Crippen LogP contribution in [0.1, 0.15) is 17.3 Å². The molecule has 7 heteroatoms. The number of hydrogen-bond donors (Lipinski definition) is 0. The lowest BCUT2D eigenvalue weighted by Crippen LogP contribution is -2.44. The molecule has 20 heavy (non-hydrogen) atoms. The van der Waals surface area contributed by atoms with E-state index < -0.39 is 9.84 Å². The standard InChI is InChI=1S/C13H16ClNO4S/c1-9-8-15(5-6-19-9)13(16)10-3-4-11(14)12(7-10)20(2,17)18/h3-4,7,9H,5-6,8H2,1-2H3/t9-/m0/s1. The van der Waals surface area contributed by atoms with E-state index in [0.29, 0.717) is 25.3 Å². The lowest BCUT2D eigenvalue weighted by molar-refractivity contribution is -0.0124. The SMILES string of the molecule is C[C@H]1CN(C(=O)c2ccc(Cl)c(S(C)(=O)=O)c2)CCO1. The Morgan fingerprint density at radius 1 is 1.45 bits per heavy atom. The minimum atomic E-state index is -3.46. The molecule has 1 fully saturated rings. The van der Waals surface area contributed by atoms with E-state index in [1.165, 1.54) is 12.1 Å². The number of amides is 1. The molecular formula is C13H16ClNO4S. The number of ether oxygens (including phenoxy) is 1. The molecule has 5 nitrogen and oxygen atoms in total. The van der Waals surface area contributed by atoms with E-state index >= 15 is 0 Å². The number of rotatable bonds is 2. The second-order valence-electron chi connectivity index (χ2n) is 4.85. The van der Waals surface area contributed by atoms with E-state index in [1.807, 2.05) is 6.92 Å². The Kier molecular flexibility index (Phi) is 4.36. The molecule has 1 aromatic rings. The third-order valence-electron chi connectivity index (χ3n) is 3.11. The summed E-state index contributed by atoms with van der Waals surface area (Å²) in [6, 6.07) is 4.31. The molecule has 1 aliphatic rings. The van der Waals surface area contributed by atoms with Crippen LogP contribution in [-0.2, 0) is 14.6 Å². The Balaban J connectivity index is 2.31. The summed E-state index contributed by atoms with van der Waals surface area (Å²) in [4.78, 5) is 14.0. The van der Waals surface area contributed by atoms with Crippen molar-refractivity contribution in [3.05, 3.63) is 28.8 Å². The van der Waals surface area contributed by atoms with Gasteiger partial charge in [-0.2, -0.15) is 0 Å². The zero-order valence-electron chi connectivity index (χ0n) is 11.3. The molecule has 1 atom stereocenters. The van der Waals surface area contributed by atoms with Crippen LogP contribution in [0.2, 0.25) is 5.02 Å². The number of carbonyl (C=O) groups excluding carboxylic acids is 1. The second-order valence-corrected chi connectivity index (χ2v) is 7.24. The highest BCUT2D eigenvalue weighted by Crippen LogP contribution is 2.23. The predicted octanol–water partition coefficient (Wildman–Crippen LogP) is 1.60. The van der Waals surface area contributed by atoms with Crippen LogP contribution in [0, 0.1) is 0 Å². The Morgan fingerprint density at radius 2 is 2.15 bits per heavy atom. The third-order valence-corrected chi connectivity index (χ3v) is 4.68. The Hall–Kier alpha value is -1.11. The summed E-state index contributed by atoms with van der Waals surface area (Å²) in [7, 11) is -3.46. The summed E-state index contributed by atoms with van der Waals surface area (Å²) >= 11 is 5.87. The van der Waals surface area contributed by atoms with Gasteiger partial charge in [0.2, 0.25) is 0 Å². The number of benzene rings is 1. The molecule has 1 aromatic carbocycles. The van der Waals surface area contributed by atoms with Crippen LogP contribution in [0.3, 0.4) is 0 Å². The van der Waals surface area contributed by atoms with Crippen molar-refractivity contribution in [1.29, 1.82) is 0 Å². The molecule has 0 unspecified atom stereocenters. The molecule has 1 aliphatic heterocycles. The minimum Gasteiger partial charge on any atom is -0.375 e. The highest BCUT2D eigenvalue weighted by molar-refractivity contribution is 7.90. The van der Waals surface area contributed by atoms with Gasteiger partial charge in [0.05, 0.1) is 22.6 Å². The van der Waals surface area contributed by atoms with Crippen LogP contribution in [0.4, 0.5) is 0 Å². The van der Waals surface area contributed by atoms with Gasteiger partial charge in [-0.1, -0.05) is 11.6 Å². The summed E-state index contributed by atoms with van der Waals surface area (Å²) < 4.78 is 28.6. The first kappa shape index (κ1) is 15.3. The van der Waals surface area contributed by atoms with E-state index in [4.69, 9.17) is 16.3 Å². The van der Waals surface area contributed by atoms with Crippen molar-refractivity contribution in [2.75, 3.05) is 26.0 Å². The lowest BCUT2D eigenvalue weighted by Gasteiger charge is -2.31. The first-order chi connectivity index (χ1) is 9.29. The second kappa shape index (κ2) is 5.71. The van der Waals surface area contributed by atoms with Crippen LogP contribution in [0.15, 0.2) is 23.1 Å². The zero-order chi connectivity index (χ0) is 14.9. The fraction of sp³-hybridized carbons (Fsp3) is 0.462. The van der Waals surface area contributed by atoms with Crippen LogP contribution >= 0.6 is 11.6 Å². The van der Waals surface area contributed by atoms with Gasteiger partial charge >= 0.3 is 0 Å². The van der Waals surface area contributed by atoms with Crippen molar-refractivity contribution < 1.29 is 17.9 Å². The summed E-state index contributed by atoms with van der Waals surface area (Å²) in [5.74, 6) is -0.207.